The third-order valence-electron chi connectivity index (χ3n) is 2.52. The maximum absolute atomic E-state index is 11.7. The lowest BCUT2D eigenvalue weighted by Crippen LogP contribution is -2.20. The first-order valence-corrected chi connectivity index (χ1v) is 5.85. The number of rotatable bonds is 5. The van der Waals surface area contributed by atoms with Gasteiger partial charge in [0, 0.05) is 17.5 Å². The topological polar surface area (TPSA) is 60.2 Å². The molecule has 1 aromatic carbocycles. The van der Waals surface area contributed by atoms with Crippen LogP contribution in [-0.2, 0) is 11.2 Å². The summed E-state index contributed by atoms with van der Waals surface area (Å²) in [6.45, 7) is 5.39. The fourth-order valence-electron chi connectivity index (χ4n) is 1.57. The predicted molar refractivity (Wildman–Crippen MR) is 68.0 cm³/mol. The van der Waals surface area contributed by atoms with Crippen LogP contribution in [0.2, 0.25) is 0 Å². The van der Waals surface area contributed by atoms with Gasteiger partial charge in [0.05, 0.1) is 0 Å². The van der Waals surface area contributed by atoms with E-state index >= 15 is 0 Å². The van der Waals surface area contributed by atoms with Crippen molar-refractivity contribution in [3.63, 3.8) is 0 Å². The Kier molecular flexibility index (Phi) is 4.58. The van der Waals surface area contributed by atoms with Crippen molar-refractivity contribution in [2.24, 2.45) is 11.7 Å². The summed E-state index contributed by atoms with van der Waals surface area (Å²) in [7, 11) is 0. The number of carbonyl (C=O) groups excluding carboxylic acids is 2. The number of carbonyl (C=O) groups is 2. The zero-order chi connectivity index (χ0) is 13.0. The van der Waals surface area contributed by atoms with Crippen LogP contribution in [0.1, 0.15) is 36.7 Å². The first-order valence-electron chi connectivity index (χ1n) is 5.85. The van der Waals surface area contributed by atoms with E-state index in [1.54, 1.807) is 26.0 Å². The maximum Gasteiger partial charge on any atom is 0.228 e. The van der Waals surface area contributed by atoms with E-state index in [0.717, 1.165) is 12.0 Å². The van der Waals surface area contributed by atoms with Crippen LogP contribution in [0.15, 0.2) is 24.3 Å². The maximum atomic E-state index is 11.7. The zero-order valence-corrected chi connectivity index (χ0v) is 10.6. The molecule has 1 aromatic rings. The summed E-state index contributed by atoms with van der Waals surface area (Å²) >= 11 is 0. The van der Waals surface area contributed by atoms with E-state index in [1.165, 1.54) is 0 Å². The fraction of sp³-hybridized carbons (Fsp3) is 0.429. The van der Waals surface area contributed by atoms with Gasteiger partial charge in [-0.15, -0.1) is 0 Å². The standard InChI is InChI=1S/C14H19NO2/c1-9(2)13(16)14(17)12-6-4-11(5-7-12)8-10(3)15/h4-7,9-10H,8,15H2,1-3H3. The zero-order valence-electron chi connectivity index (χ0n) is 10.6. The van der Waals surface area contributed by atoms with Gasteiger partial charge in [-0.2, -0.15) is 0 Å². The number of nitrogens with two attached hydrogens (primary N) is 1. The number of ketones is 2. The van der Waals surface area contributed by atoms with Crippen molar-refractivity contribution < 1.29 is 9.59 Å². The third-order valence-corrected chi connectivity index (χ3v) is 2.52. The van der Waals surface area contributed by atoms with Gasteiger partial charge in [-0.1, -0.05) is 38.1 Å². The Morgan fingerprint density at radius 3 is 2.06 bits per heavy atom. The summed E-state index contributed by atoms with van der Waals surface area (Å²) < 4.78 is 0. The monoisotopic (exact) mass is 233 g/mol. The van der Waals surface area contributed by atoms with Crippen LogP contribution >= 0.6 is 0 Å². The smallest absolute Gasteiger partial charge is 0.228 e. The molecule has 1 unspecified atom stereocenters. The van der Waals surface area contributed by atoms with Gasteiger partial charge < -0.3 is 5.73 Å². The van der Waals surface area contributed by atoms with E-state index in [1.807, 2.05) is 19.1 Å². The average Bonchev–Trinajstić information content (AvgIpc) is 2.27. The molecule has 92 valence electrons. The van der Waals surface area contributed by atoms with Crippen LogP contribution in [0.3, 0.4) is 0 Å². The van der Waals surface area contributed by atoms with Crippen molar-refractivity contribution in [1.82, 2.24) is 0 Å². The van der Waals surface area contributed by atoms with Crippen molar-refractivity contribution in [3.05, 3.63) is 35.4 Å². The lowest BCUT2D eigenvalue weighted by molar-refractivity contribution is -0.117. The van der Waals surface area contributed by atoms with E-state index in [9.17, 15) is 9.59 Å². The second-order valence-electron chi connectivity index (χ2n) is 4.73. The normalized spacial score (nSPS) is 12.5. The van der Waals surface area contributed by atoms with Crippen molar-refractivity contribution in [1.29, 1.82) is 0 Å². The first kappa shape index (κ1) is 13.6. The minimum Gasteiger partial charge on any atom is -0.328 e. The van der Waals surface area contributed by atoms with Crippen molar-refractivity contribution >= 4 is 11.6 Å². The Bertz CT molecular complexity index is 405. The highest BCUT2D eigenvalue weighted by Gasteiger charge is 2.18. The molecule has 3 nitrogen and oxygen atoms in total. The number of Topliss-reactive ketones (excluding diaryl/α,β-unsaturated/α-hetero) is 2. The van der Waals surface area contributed by atoms with E-state index in [4.69, 9.17) is 5.73 Å². The summed E-state index contributed by atoms with van der Waals surface area (Å²) in [5.41, 5.74) is 7.22. The van der Waals surface area contributed by atoms with Crippen molar-refractivity contribution in [3.8, 4) is 0 Å². The average molecular weight is 233 g/mol. The second-order valence-corrected chi connectivity index (χ2v) is 4.73. The summed E-state index contributed by atoms with van der Waals surface area (Å²) in [6, 6.07) is 7.18. The van der Waals surface area contributed by atoms with Crippen LogP contribution in [-0.4, -0.2) is 17.6 Å². The molecule has 0 spiro atoms. The van der Waals surface area contributed by atoms with Gasteiger partial charge >= 0.3 is 0 Å². The SMILES string of the molecule is CC(N)Cc1ccc(C(=O)C(=O)C(C)C)cc1. The molecule has 17 heavy (non-hydrogen) atoms. The Balaban J connectivity index is 2.81. The molecule has 2 N–H and O–H groups in total. The van der Waals surface area contributed by atoms with Crippen LogP contribution < -0.4 is 5.73 Å². The molecule has 0 aromatic heterocycles. The van der Waals surface area contributed by atoms with Crippen molar-refractivity contribution in [2.45, 2.75) is 33.2 Å². The van der Waals surface area contributed by atoms with E-state index in [0.29, 0.717) is 5.56 Å². The lowest BCUT2D eigenvalue weighted by Gasteiger charge is -2.06. The highest BCUT2D eigenvalue weighted by atomic mass is 16.2. The van der Waals surface area contributed by atoms with Crippen LogP contribution in [0, 0.1) is 5.92 Å². The molecule has 0 aliphatic rings. The van der Waals surface area contributed by atoms with Gasteiger partial charge in [-0.25, -0.2) is 0 Å². The molecule has 0 saturated carbocycles. The first-order chi connectivity index (χ1) is 7.91. The molecule has 0 aliphatic carbocycles. The Labute approximate surface area is 102 Å². The molecule has 0 fully saturated rings. The molecule has 0 bridgehead atoms. The molecule has 1 atom stereocenters. The molecule has 0 saturated heterocycles. The molecule has 0 amide bonds. The second kappa shape index (κ2) is 5.73. The largest absolute Gasteiger partial charge is 0.328 e. The van der Waals surface area contributed by atoms with Gasteiger partial charge in [0.2, 0.25) is 11.6 Å². The van der Waals surface area contributed by atoms with Gasteiger partial charge in [0.15, 0.2) is 0 Å². The highest BCUT2D eigenvalue weighted by molar-refractivity contribution is 6.44. The summed E-state index contributed by atoms with van der Waals surface area (Å²) in [6.07, 6.45) is 0.770. The third kappa shape index (κ3) is 3.79. The van der Waals surface area contributed by atoms with E-state index in [2.05, 4.69) is 0 Å². The summed E-state index contributed by atoms with van der Waals surface area (Å²) in [4.78, 5) is 23.3. The van der Waals surface area contributed by atoms with Crippen LogP contribution in [0.5, 0.6) is 0 Å². The van der Waals surface area contributed by atoms with Crippen LogP contribution in [0.4, 0.5) is 0 Å². The van der Waals surface area contributed by atoms with Crippen LogP contribution in [0.25, 0.3) is 0 Å². The molecule has 0 radical (unpaired) electrons. The minimum atomic E-state index is -0.410. The van der Waals surface area contributed by atoms with E-state index < -0.39 is 5.78 Å². The Hall–Kier alpha value is -1.48. The van der Waals surface area contributed by atoms with Crippen molar-refractivity contribution in [2.75, 3.05) is 0 Å². The number of benzene rings is 1. The van der Waals surface area contributed by atoms with Gasteiger partial charge in [0.25, 0.3) is 0 Å². The predicted octanol–water partition coefficient (Wildman–Crippen LogP) is 1.98. The van der Waals surface area contributed by atoms with E-state index in [-0.39, 0.29) is 17.7 Å². The van der Waals surface area contributed by atoms with Gasteiger partial charge in [-0.3, -0.25) is 9.59 Å². The molecule has 1 rings (SSSR count). The molecule has 3 heteroatoms. The Morgan fingerprint density at radius 1 is 1.12 bits per heavy atom. The molecule has 0 heterocycles. The lowest BCUT2D eigenvalue weighted by atomic mass is 9.98. The van der Waals surface area contributed by atoms with Gasteiger partial charge in [0.1, 0.15) is 0 Å². The molecular formula is C14H19NO2. The fourth-order valence-corrected chi connectivity index (χ4v) is 1.57. The molecule has 0 aliphatic heterocycles. The van der Waals surface area contributed by atoms with Gasteiger partial charge in [-0.05, 0) is 18.9 Å². The Morgan fingerprint density at radius 2 is 1.65 bits per heavy atom. The highest BCUT2D eigenvalue weighted by Crippen LogP contribution is 2.09. The number of hydrogen-bond acceptors (Lipinski definition) is 3. The number of hydrogen-bond donors (Lipinski definition) is 1. The quantitative estimate of drug-likeness (QED) is 0.625. The summed E-state index contributed by atoms with van der Waals surface area (Å²) in [5, 5.41) is 0. The minimum absolute atomic E-state index is 0.0915. The molecular weight excluding hydrogens is 214 g/mol. The summed E-state index contributed by atoms with van der Waals surface area (Å²) in [5.74, 6) is -1.01.